The lowest BCUT2D eigenvalue weighted by Crippen LogP contribution is -2.46. The summed E-state index contributed by atoms with van der Waals surface area (Å²) in [6.45, 7) is 8.81. The Morgan fingerprint density at radius 2 is 1.90 bits per heavy atom. The van der Waals surface area contributed by atoms with Crippen molar-refractivity contribution in [1.29, 1.82) is 0 Å². The van der Waals surface area contributed by atoms with E-state index in [1.807, 2.05) is 31.2 Å². The highest BCUT2D eigenvalue weighted by Crippen LogP contribution is 2.19. The number of hydrogen-bond acceptors (Lipinski definition) is 5. The van der Waals surface area contributed by atoms with Gasteiger partial charge in [-0.05, 0) is 50.8 Å². The highest BCUT2D eigenvalue weighted by Gasteiger charge is 2.27. The molecule has 1 aromatic rings. The number of nitrogens with one attached hydrogen (secondary N) is 1. The van der Waals surface area contributed by atoms with Gasteiger partial charge in [0.05, 0.1) is 26.2 Å². The SMILES string of the molecule is CCNC(=NCCCOCc1ccc(OC)cc1)N1CCC(C(=O)OCC)CC1.I. The predicted octanol–water partition coefficient (Wildman–Crippen LogP) is 3.46. The highest BCUT2D eigenvalue weighted by atomic mass is 127. The van der Waals surface area contributed by atoms with Gasteiger partial charge in [0, 0.05) is 32.8 Å². The molecule has 30 heavy (non-hydrogen) atoms. The second-order valence-corrected chi connectivity index (χ2v) is 7.00. The number of aliphatic imine (C=N–C) groups is 1. The van der Waals surface area contributed by atoms with Crippen LogP contribution in [0.1, 0.15) is 38.7 Å². The van der Waals surface area contributed by atoms with E-state index in [4.69, 9.17) is 19.2 Å². The van der Waals surface area contributed by atoms with Crippen molar-refractivity contribution in [3.8, 4) is 5.75 Å². The molecule has 0 saturated carbocycles. The number of likely N-dealkylation sites (tertiary alicyclic amines) is 1. The molecule has 0 spiro atoms. The van der Waals surface area contributed by atoms with E-state index >= 15 is 0 Å². The van der Waals surface area contributed by atoms with Gasteiger partial charge in [-0.1, -0.05) is 12.1 Å². The molecule has 1 aromatic carbocycles. The summed E-state index contributed by atoms with van der Waals surface area (Å²) >= 11 is 0. The first kappa shape index (κ1) is 26.5. The number of hydrogen-bond donors (Lipinski definition) is 1. The average molecular weight is 533 g/mol. The summed E-state index contributed by atoms with van der Waals surface area (Å²) in [4.78, 5) is 18.9. The fourth-order valence-corrected chi connectivity index (χ4v) is 3.28. The lowest BCUT2D eigenvalue weighted by molar-refractivity contribution is -0.149. The summed E-state index contributed by atoms with van der Waals surface area (Å²) in [6.07, 6.45) is 2.49. The van der Waals surface area contributed by atoms with Crippen LogP contribution in [-0.2, 0) is 20.9 Å². The Bertz CT molecular complexity index is 632. The van der Waals surface area contributed by atoms with Crippen molar-refractivity contribution in [3.05, 3.63) is 29.8 Å². The van der Waals surface area contributed by atoms with Crippen LogP contribution in [0.2, 0.25) is 0 Å². The fourth-order valence-electron chi connectivity index (χ4n) is 3.28. The lowest BCUT2D eigenvalue weighted by Gasteiger charge is -2.33. The van der Waals surface area contributed by atoms with Crippen LogP contribution in [-0.4, -0.2) is 63.3 Å². The molecule has 8 heteroatoms. The number of benzene rings is 1. The van der Waals surface area contributed by atoms with Gasteiger partial charge in [0.1, 0.15) is 5.75 Å². The molecule has 2 rings (SSSR count). The maximum Gasteiger partial charge on any atom is 0.309 e. The third-order valence-electron chi connectivity index (χ3n) is 4.89. The maximum atomic E-state index is 11.9. The number of esters is 1. The minimum absolute atomic E-state index is 0. The first-order chi connectivity index (χ1) is 14.2. The Hall–Kier alpha value is -1.55. The van der Waals surface area contributed by atoms with Gasteiger partial charge in [-0.2, -0.15) is 0 Å². The zero-order valence-electron chi connectivity index (χ0n) is 18.4. The Morgan fingerprint density at radius 1 is 1.20 bits per heavy atom. The average Bonchev–Trinajstić information content (AvgIpc) is 2.76. The number of carbonyl (C=O) groups is 1. The number of halogens is 1. The third-order valence-corrected chi connectivity index (χ3v) is 4.89. The summed E-state index contributed by atoms with van der Waals surface area (Å²) in [6, 6.07) is 7.91. The molecule has 0 radical (unpaired) electrons. The van der Waals surface area contributed by atoms with Crippen LogP contribution < -0.4 is 10.1 Å². The second-order valence-electron chi connectivity index (χ2n) is 7.00. The van der Waals surface area contributed by atoms with E-state index in [2.05, 4.69) is 17.1 Å². The van der Waals surface area contributed by atoms with E-state index in [-0.39, 0.29) is 35.9 Å². The van der Waals surface area contributed by atoms with Crippen LogP contribution in [0.25, 0.3) is 0 Å². The molecule has 1 heterocycles. The van der Waals surface area contributed by atoms with Gasteiger partial charge in [-0.15, -0.1) is 24.0 Å². The van der Waals surface area contributed by atoms with Gasteiger partial charge in [-0.25, -0.2) is 0 Å². The molecule has 0 atom stereocenters. The van der Waals surface area contributed by atoms with Gasteiger partial charge >= 0.3 is 5.97 Å². The summed E-state index contributed by atoms with van der Waals surface area (Å²) in [5, 5.41) is 3.36. The standard InChI is InChI=1S/C22H35N3O4.HI/c1-4-23-22(25-14-11-19(12-15-25)21(26)29-5-2)24-13-6-16-28-17-18-7-9-20(27-3)10-8-18;/h7-10,19H,4-6,11-17H2,1-3H3,(H,23,24);1H. The minimum Gasteiger partial charge on any atom is -0.497 e. The minimum atomic E-state index is -0.0666. The number of methoxy groups -OCH3 is 1. The molecule has 1 saturated heterocycles. The molecular formula is C22H36IN3O4. The fraction of sp³-hybridized carbons (Fsp3) is 0.636. The molecule has 1 aliphatic heterocycles. The first-order valence-corrected chi connectivity index (χ1v) is 10.6. The van der Waals surface area contributed by atoms with Crippen molar-refractivity contribution in [3.63, 3.8) is 0 Å². The molecule has 170 valence electrons. The van der Waals surface area contributed by atoms with Crippen molar-refractivity contribution in [2.24, 2.45) is 10.9 Å². The molecule has 1 N–H and O–H groups in total. The first-order valence-electron chi connectivity index (χ1n) is 10.6. The zero-order chi connectivity index (χ0) is 20.9. The number of carbonyl (C=O) groups excluding carboxylic acids is 1. The summed E-state index contributed by atoms with van der Waals surface area (Å²) in [5.41, 5.74) is 1.13. The van der Waals surface area contributed by atoms with Crippen LogP contribution in [0.5, 0.6) is 5.75 Å². The van der Waals surface area contributed by atoms with Crippen molar-refractivity contribution in [1.82, 2.24) is 10.2 Å². The number of ether oxygens (including phenoxy) is 3. The Morgan fingerprint density at radius 3 is 2.50 bits per heavy atom. The van der Waals surface area contributed by atoms with Gasteiger partial charge in [0.15, 0.2) is 5.96 Å². The van der Waals surface area contributed by atoms with Gasteiger partial charge in [-0.3, -0.25) is 9.79 Å². The molecular weight excluding hydrogens is 497 g/mol. The van der Waals surface area contributed by atoms with Crippen LogP contribution in [0.15, 0.2) is 29.3 Å². The summed E-state index contributed by atoms with van der Waals surface area (Å²) < 4.78 is 16.1. The van der Waals surface area contributed by atoms with E-state index < -0.39 is 0 Å². The molecule has 0 aromatic heterocycles. The summed E-state index contributed by atoms with van der Waals surface area (Å²) in [7, 11) is 1.66. The van der Waals surface area contributed by atoms with Crippen LogP contribution in [0.4, 0.5) is 0 Å². The molecule has 0 aliphatic carbocycles. The highest BCUT2D eigenvalue weighted by molar-refractivity contribution is 14.0. The van der Waals surface area contributed by atoms with Crippen molar-refractivity contribution < 1.29 is 19.0 Å². The van der Waals surface area contributed by atoms with E-state index in [0.717, 1.165) is 56.2 Å². The van der Waals surface area contributed by atoms with Crippen LogP contribution >= 0.6 is 24.0 Å². The normalized spacial score (nSPS) is 14.8. The molecule has 0 bridgehead atoms. The van der Waals surface area contributed by atoms with Crippen LogP contribution in [0.3, 0.4) is 0 Å². The maximum absolute atomic E-state index is 11.9. The van der Waals surface area contributed by atoms with Crippen molar-refractivity contribution >= 4 is 35.9 Å². The second kappa shape index (κ2) is 15.3. The number of guanidine groups is 1. The number of piperidine rings is 1. The number of rotatable bonds is 10. The summed E-state index contributed by atoms with van der Waals surface area (Å²) in [5.74, 6) is 1.72. The van der Waals surface area contributed by atoms with Crippen LogP contribution in [0, 0.1) is 5.92 Å². The Kier molecular flexibility index (Phi) is 13.5. The van der Waals surface area contributed by atoms with Crippen molar-refractivity contribution in [2.45, 2.75) is 39.7 Å². The molecule has 1 aliphatic rings. The number of nitrogens with zero attached hydrogens (tertiary/aromatic N) is 2. The lowest BCUT2D eigenvalue weighted by atomic mass is 9.97. The Balaban J connectivity index is 0.00000450. The van der Waals surface area contributed by atoms with Gasteiger partial charge < -0.3 is 24.4 Å². The van der Waals surface area contributed by atoms with E-state index in [9.17, 15) is 4.79 Å². The van der Waals surface area contributed by atoms with Gasteiger partial charge in [0.25, 0.3) is 0 Å². The topological polar surface area (TPSA) is 72.4 Å². The third kappa shape index (κ3) is 9.07. The quantitative estimate of drug-likeness (QED) is 0.163. The molecule has 0 unspecified atom stereocenters. The van der Waals surface area contributed by atoms with E-state index in [0.29, 0.717) is 26.4 Å². The van der Waals surface area contributed by atoms with E-state index in [1.54, 1.807) is 7.11 Å². The van der Waals surface area contributed by atoms with Crippen molar-refractivity contribution in [2.75, 3.05) is 46.5 Å². The predicted molar refractivity (Wildman–Crippen MR) is 130 cm³/mol. The monoisotopic (exact) mass is 533 g/mol. The smallest absolute Gasteiger partial charge is 0.309 e. The molecule has 1 fully saturated rings. The Labute approximate surface area is 197 Å². The zero-order valence-corrected chi connectivity index (χ0v) is 20.7. The van der Waals surface area contributed by atoms with E-state index in [1.165, 1.54) is 0 Å². The molecule has 0 amide bonds. The van der Waals surface area contributed by atoms with Gasteiger partial charge in [0.2, 0.25) is 0 Å². The molecule has 7 nitrogen and oxygen atoms in total. The largest absolute Gasteiger partial charge is 0.497 e.